The molecule has 0 aromatic carbocycles. The third kappa shape index (κ3) is 9.11. The van der Waals surface area contributed by atoms with E-state index in [1.54, 1.807) is 20.8 Å². The number of alkyl halides is 1. The number of amides is 1. The lowest BCUT2D eigenvalue weighted by atomic mass is 10.2. The minimum absolute atomic E-state index is 0.312. The molecule has 0 saturated carbocycles. The normalized spacial score (nSPS) is 13.6. The van der Waals surface area contributed by atoms with Crippen molar-refractivity contribution >= 4 is 6.09 Å². The van der Waals surface area contributed by atoms with Crippen molar-refractivity contribution in [3.8, 4) is 0 Å². The van der Waals surface area contributed by atoms with Crippen LogP contribution in [0, 0.1) is 0 Å². The molecule has 0 aromatic heterocycles. The predicted molar refractivity (Wildman–Crippen MR) is 49.4 cm³/mol. The Labute approximate surface area is 78.6 Å². The van der Waals surface area contributed by atoms with Crippen LogP contribution in [0.4, 0.5) is 9.18 Å². The number of hydrogen-bond acceptors (Lipinski definition) is 2. The van der Waals surface area contributed by atoms with Crippen molar-refractivity contribution < 1.29 is 13.9 Å². The molecule has 78 valence electrons. The number of rotatable bonds is 3. The van der Waals surface area contributed by atoms with E-state index in [1.807, 2.05) is 0 Å². The van der Waals surface area contributed by atoms with Gasteiger partial charge in [-0.1, -0.05) is 0 Å². The summed E-state index contributed by atoms with van der Waals surface area (Å²) in [6.07, 6.45) is -1.07. The van der Waals surface area contributed by atoms with Crippen molar-refractivity contribution in [2.24, 2.45) is 0 Å². The Bertz CT molecular complexity index is 163. The number of hydrogen-bond donors (Lipinski definition) is 1. The highest BCUT2D eigenvalue weighted by atomic mass is 19.1. The summed E-state index contributed by atoms with van der Waals surface area (Å²) in [5, 5.41) is 2.47. The van der Waals surface area contributed by atoms with Gasteiger partial charge in [-0.15, -0.1) is 0 Å². The number of carbonyl (C=O) groups is 1. The summed E-state index contributed by atoms with van der Waals surface area (Å²) in [4.78, 5) is 11.0. The molecule has 13 heavy (non-hydrogen) atoms. The molecule has 4 heteroatoms. The number of halogens is 1. The Morgan fingerprint density at radius 2 is 2.08 bits per heavy atom. The average molecular weight is 191 g/mol. The van der Waals surface area contributed by atoms with Gasteiger partial charge in [0, 0.05) is 6.54 Å². The maximum absolute atomic E-state index is 12.3. The van der Waals surface area contributed by atoms with E-state index >= 15 is 0 Å². The molecule has 1 N–H and O–H groups in total. The molecule has 0 aromatic rings. The van der Waals surface area contributed by atoms with Crippen LogP contribution in [-0.4, -0.2) is 24.4 Å². The molecule has 0 radical (unpaired) electrons. The van der Waals surface area contributed by atoms with Crippen LogP contribution in [-0.2, 0) is 4.74 Å². The van der Waals surface area contributed by atoms with Gasteiger partial charge in [0.25, 0.3) is 0 Å². The second-order valence-corrected chi connectivity index (χ2v) is 4.00. The highest BCUT2D eigenvalue weighted by Gasteiger charge is 2.15. The van der Waals surface area contributed by atoms with Crippen LogP contribution in [0.2, 0.25) is 0 Å². The molecule has 0 fully saturated rings. The van der Waals surface area contributed by atoms with Crippen LogP contribution >= 0.6 is 0 Å². The Morgan fingerprint density at radius 1 is 1.54 bits per heavy atom. The van der Waals surface area contributed by atoms with Crippen molar-refractivity contribution in [1.82, 2.24) is 5.32 Å². The van der Waals surface area contributed by atoms with Crippen LogP contribution in [0.5, 0.6) is 0 Å². The summed E-state index contributed by atoms with van der Waals surface area (Å²) in [5.41, 5.74) is -0.495. The van der Waals surface area contributed by atoms with Crippen molar-refractivity contribution in [2.75, 3.05) is 6.54 Å². The summed E-state index contributed by atoms with van der Waals surface area (Å²) in [7, 11) is 0. The van der Waals surface area contributed by atoms with E-state index in [9.17, 15) is 9.18 Å². The second kappa shape index (κ2) is 5.04. The summed E-state index contributed by atoms with van der Waals surface area (Å²) in [6, 6.07) is 0. The lowest BCUT2D eigenvalue weighted by molar-refractivity contribution is 0.0524. The third-order valence-corrected chi connectivity index (χ3v) is 1.21. The summed E-state index contributed by atoms with van der Waals surface area (Å²) in [5.74, 6) is 0. The summed E-state index contributed by atoms with van der Waals surface area (Å²) >= 11 is 0. The van der Waals surface area contributed by atoms with Gasteiger partial charge in [-0.3, -0.25) is 0 Å². The molecule has 0 rings (SSSR count). The van der Waals surface area contributed by atoms with E-state index in [2.05, 4.69) is 5.32 Å². The van der Waals surface area contributed by atoms with Crippen molar-refractivity contribution in [2.45, 2.75) is 45.9 Å². The maximum Gasteiger partial charge on any atom is 0.407 e. The van der Waals surface area contributed by atoms with Crippen LogP contribution < -0.4 is 5.32 Å². The van der Waals surface area contributed by atoms with E-state index in [4.69, 9.17) is 4.74 Å². The predicted octanol–water partition coefficient (Wildman–Crippen LogP) is 2.26. The molecule has 1 amide bonds. The van der Waals surface area contributed by atoms with Crippen molar-refractivity contribution in [1.29, 1.82) is 0 Å². The minimum atomic E-state index is -0.894. The maximum atomic E-state index is 12.3. The molecule has 0 bridgehead atoms. The number of nitrogens with one attached hydrogen (secondary N) is 1. The fraction of sp³-hybridized carbons (Fsp3) is 0.889. The quantitative estimate of drug-likeness (QED) is 0.743. The number of ether oxygens (including phenoxy) is 1. The molecular weight excluding hydrogens is 173 g/mol. The van der Waals surface area contributed by atoms with Crippen LogP contribution in [0.1, 0.15) is 34.1 Å². The first-order valence-electron chi connectivity index (χ1n) is 4.42. The fourth-order valence-electron chi connectivity index (χ4n) is 0.687. The first-order valence-corrected chi connectivity index (χ1v) is 4.42. The van der Waals surface area contributed by atoms with Crippen LogP contribution in [0.3, 0.4) is 0 Å². The lowest BCUT2D eigenvalue weighted by Gasteiger charge is -2.19. The van der Waals surface area contributed by atoms with E-state index in [1.165, 1.54) is 6.92 Å². The van der Waals surface area contributed by atoms with Gasteiger partial charge < -0.3 is 10.1 Å². The van der Waals surface area contributed by atoms with Gasteiger partial charge in [0.1, 0.15) is 5.60 Å². The van der Waals surface area contributed by atoms with E-state index < -0.39 is 17.9 Å². The topological polar surface area (TPSA) is 38.3 Å². The summed E-state index contributed by atoms with van der Waals surface area (Å²) in [6.45, 7) is 7.11. The molecule has 0 aliphatic carbocycles. The minimum Gasteiger partial charge on any atom is -0.444 e. The van der Waals surface area contributed by atoms with Crippen molar-refractivity contribution in [3.05, 3.63) is 0 Å². The Kier molecular flexibility index (Phi) is 4.73. The van der Waals surface area contributed by atoms with Gasteiger partial charge in [-0.2, -0.15) is 0 Å². The van der Waals surface area contributed by atoms with Crippen LogP contribution in [0.15, 0.2) is 0 Å². The zero-order chi connectivity index (χ0) is 10.5. The molecule has 1 atom stereocenters. The molecular formula is C9H18FNO2. The molecule has 1 unspecified atom stereocenters. The number of carbonyl (C=O) groups excluding carboxylic acids is 1. The van der Waals surface area contributed by atoms with Gasteiger partial charge in [0.15, 0.2) is 0 Å². The van der Waals surface area contributed by atoms with E-state index in [0.29, 0.717) is 13.0 Å². The largest absolute Gasteiger partial charge is 0.444 e. The van der Waals surface area contributed by atoms with Gasteiger partial charge in [0.2, 0.25) is 0 Å². The Balaban J connectivity index is 3.53. The average Bonchev–Trinajstić information content (AvgIpc) is 1.81. The molecule has 0 heterocycles. The smallest absolute Gasteiger partial charge is 0.407 e. The van der Waals surface area contributed by atoms with E-state index in [-0.39, 0.29) is 0 Å². The third-order valence-electron chi connectivity index (χ3n) is 1.21. The Morgan fingerprint density at radius 3 is 2.46 bits per heavy atom. The first-order chi connectivity index (χ1) is 5.81. The molecule has 0 aliphatic rings. The first kappa shape index (κ1) is 12.2. The zero-order valence-corrected chi connectivity index (χ0v) is 8.69. The molecule has 3 nitrogen and oxygen atoms in total. The zero-order valence-electron chi connectivity index (χ0n) is 8.69. The fourth-order valence-corrected chi connectivity index (χ4v) is 0.687. The van der Waals surface area contributed by atoms with Gasteiger partial charge >= 0.3 is 6.09 Å². The molecule has 0 aliphatic heterocycles. The van der Waals surface area contributed by atoms with Gasteiger partial charge in [-0.05, 0) is 34.1 Å². The SMILES string of the molecule is CC(F)CCNC(=O)OC(C)(C)C. The van der Waals surface area contributed by atoms with Crippen molar-refractivity contribution in [3.63, 3.8) is 0 Å². The Hall–Kier alpha value is -0.800. The lowest BCUT2D eigenvalue weighted by Crippen LogP contribution is -2.33. The standard InChI is InChI=1S/C9H18FNO2/c1-7(10)5-6-11-8(12)13-9(2,3)4/h7H,5-6H2,1-4H3,(H,11,12). The molecule has 0 saturated heterocycles. The van der Waals surface area contributed by atoms with Crippen LogP contribution in [0.25, 0.3) is 0 Å². The highest BCUT2D eigenvalue weighted by Crippen LogP contribution is 2.06. The van der Waals surface area contributed by atoms with E-state index in [0.717, 1.165) is 0 Å². The summed E-state index contributed by atoms with van der Waals surface area (Å²) < 4.78 is 17.2. The van der Waals surface area contributed by atoms with Gasteiger partial charge in [0.05, 0.1) is 6.17 Å². The van der Waals surface area contributed by atoms with Gasteiger partial charge in [-0.25, -0.2) is 9.18 Å². The monoisotopic (exact) mass is 191 g/mol. The highest BCUT2D eigenvalue weighted by molar-refractivity contribution is 5.67. The number of alkyl carbamates (subject to hydrolysis) is 1. The second-order valence-electron chi connectivity index (χ2n) is 4.00. The molecule has 0 spiro atoms.